The van der Waals surface area contributed by atoms with Crippen molar-refractivity contribution in [1.29, 1.82) is 0 Å². The number of carbonyl (C=O) groups excluding carboxylic acids is 1. The summed E-state index contributed by atoms with van der Waals surface area (Å²) in [6.45, 7) is 4.34. The molecule has 1 aromatic carbocycles. The Kier molecular flexibility index (Phi) is 5.45. The number of halogens is 4. The fourth-order valence-electron chi connectivity index (χ4n) is 1.58. The van der Waals surface area contributed by atoms with Gasteiger partial charge in [-0.25, -0.2) is 0 Å². The molecule has 1 N–H and O–H groups in total. The summed E-state index contributed by atoms with van der Waals surface area (Å²) in [4.78, 5) is 11.8. The van der Waals surface area contributed by atoms with Gasteiger partial charge < -0.3 is 5.32 Å². The van der Waals surface area contributed by atoms with Crippen molar-refractivity contribution in [3.8, 4) is 0 Å². The van der Waals surface area contributed by atoms with Crippen LogP contribution in [0.4, 0.5) is 13.2 Å². The van der Waals surface area contributed by atoms with Gasteiger partial charge in [0.2, 0.25) is 0 Å². The number of benzene rings is 1. The zero-order valence-corrected chi connectivity index (χ0v) is 12.1. The first kappa shape index (κ1) is 16.8. The van der Waals surface area contributed by atoms with E-state index in [4.69, 9.17) is 11.6 Å². The van der Waals surface area contributed by atoms with Crippen LogP contribution >= 0.6 is 11.6 Å². The Balaban J connectivity index is 2.65. The SMILES string of the molecule is CC(C)(CCCl)CNC(=O)c1ccc(C(F)(F)F)cc1. The summed E-state index contributed by atoms with van der Waals surface area (Å²) >= 11 is 5.66. The second kappa shape index (κ2) is 6.48. The molecule has 0 aliphatic rings. The highest BCUT2D eigenvalue weighted by Crippen LogP contribution is 2.29. The molecule has 0 saturated heterocycles. The molecular formula is C14H17ClF3NO. The van der Waals surface area contributed by atoms with E-state index in [1.54, 1.807) is 0 Å². The van der Waals surface area contributed by atoms with Gasteiger partial charge in [-0.3, -0.25) is 4.79 Å². The first-order chi connectivity index (χ1) is 9.15. The zero-order valence-electron chi connectivity index (χ0n) is 11.4. The number of amides is 1. The lowest BCUT2D eigenvalue weighted by Gasteiger charge is -2.23. The van der Waals surface area contributed by atoms with Crippen molar-refractivity contribution in [3.63, 3.8) is 0 Å². The predicted octanol–water partition coefficient (Wildman–Crippen LogP) is 4.09. The molecule has 1 rings (SSSR count). The second-order valence-corrected chi connectivity index (χ2v) is 5.74. The maximum atomic E-state index is 12.4. The smallest absolute Gasteiger partial charge is 0.352 e. The van der Waals surface area contributed by atoms with Crippen LogP contribution in [-0.4, -0.2) is 18.3 Å². The van der Waals surface area contributed by atoms with Gasteiger partial charge in [-0.2, -0.15) is 13.2 Å². The molecule has 1 aromatic rings. The molecule has 20 heavy (non-hydrogen) atoms. The molecule has 112 valence electrons. The summed E-state index contributed by atoms with van der Waals surface area (Å²) in [5.74, 6) is 0.102. The Bertz CT molecular complexity index is 454. The van der Waals surface area contributed by atoms with Gasteiger partial charge in [0.25, 0.3) is 5.91 Å². The van der Waals surface area contributed by atoms with Gasteiger partial charge in [0.05, 0.1) is 5.56 Å². The van der Waals surface area contributed by atoms with Crippen LogP contribution in [0.5, 0.6) is 0 Å². The average Bonchev–Trinajstić information content (AvgIpc) is 2.35. The number of hydrogen-bond acceptors (Lipinski definition) is 1. The summed E-state index contributed by atoms with van der Waals surface area (Å²) in [7, 11) is 0. The maximum Gasteiger partial charge on any atom is 0.416 e. The number of rotatable bonds is 5. The largest absolute Gasteiger partial charge is 0.416 e. The van der Waals surface area contributed by atoms with Gasteiger partial charge in [-0.1, -0.05) is 13.8 Å². The Morgan fingerprint density at radius 2 is 1.75 bits per heavy atom. The molecule has 1 amide bonds. The van der Waals surface area contributed by atoms with Crippen LogP contribution in [-0.2, 0) is 6.18 Å². The van der Waals surface area contributed by atoms with Crippen LogP contribution < -0.4 is 5.32 Å². The summed E-state index contributed by atoms with van der Waals surface area (Å²) in [5, 5.41) is 2.70. The molecule has 0 atom stereocenters. The van der Waals surface area contributed by atoms with Crippen molar-refractivity contribution in [2.75, 3.05) is 12.4 Å². The van der Waals surface area contributed by atoms with Crippen LogP contribution in [0.15, 0.2) is 24.3 Å². The predicted molar refractivity (Wildman–Crippen MR) is 72.9 cm³/mol. The molecule has 0 heterocycles. The van der Waals surface area contributed by atoms with Crippen LogP contribution in [0.2, 0.25) is 0 Å². The Hall–Kier alpha value is -1.23. The number of carbonyl (C=O) groups is 1. The van der Waals surface area contributed by atoms with E-state index >= 15 is 0 Å². The molecule has 0 bridgehead atoms. The van der Waals surface area contributed by atoms with Gasteiger partial charge in [0.1, 0.15) is 0 Å². The monoisotopic (exact) mass is 307 g/mol. The normalized spacial score (nSPS) is 12.3. The fraction of sp³-hybridized carbons (Fsp3) is 0.500. The maximum absolute atomic E-state index is 12.4. The van der Waals surface area contributed by atoms with Crippen molar-refractivity contribution in [3.05, 3.63) is 35.4 Å². The third-order valence-electron chi connectivity index (χ3n) is 2.97. The standard InChI is InChI=1S/C14H17ClF3NO/c1-13(2,7-8-15)9-19-12(20)10-3-5-11(6-4-10)14(16,17)18/h3-6H,7-9H2,1-2H3,(H,19,20). The molecule has 6 heteroatoms. The molecule has 2 nitrogen and oxygen atoms in total. The summed E-state index contributed by atoms with van der Waals surface area (Å²) in [5.41, 5.74) is -0.709. The van der Waals surface area contributed by atoms with E-state index in [1.807, 2.05) is 13.8 Å². The second-order valence-electron chi connectivity index (χ2n) is 5.36. The molecular weight excluding hydrogens is 291 g/mol. The van der Waals surface area contributed by atoms with Crippen LogP contribution in [0.25, 0.3) is 0 Å². The highest BCUT2D eigenvalue weighted by Gasteiger charge is 2.30. The van der Waals surface area contributed by atoms with Gasteiger partial charge in [0, 0.05) is 18.0 Å². The van der Waals surface area contributed by atoms with E-state index in [0.29, 0.717) is 12.4 Å². The van der Waals surface area contributed by atoms with E-state index < -0.39 is 11.7 Å². The highest BCUT2D eigenvalue weighted by atomic mass is 35.5. The Labute approximate surface area is 121 Å². The summed E-state index contributed by atoms with van der Waals surface area (Å²) in [6.07, 6.45) is -3.65. The van der Waals surface area contributed by atoms with Gasteiger partial charge in [-0.15, -0.1) is 11.6 Å². The van der Waals surface area contributed by atoms with Crippen LogP contribution in [0.3, 0.4) is 0 Å². The lowest BCUT2D eigenvalue weighted by molar-refractivity contribution is -0.137. The molecule has 0 aliphatic heterocycles. The Morgan fingerprint density at radius 1 is 1.20 bits per heavy atom. The third-order valence-corrected chi connectivity index (χ3v) is 3.16. The van der Waals surface area contributed by atoms with Crippen molar-refractivity contribution in [2.24, 2.45) is 5.41 Å². The lowest BCUT2D eigenvalue weighted by atomic mass is 9.90. The first-order valence-corrected chi connectivity index (χ1v) is 6.70. The fourth-order valence-corrected chi connectivity index (χ4v) is 2.09. The minimum absolute atomic E-state index is 0.149. The topological polar surface area (TPSA) is 29.1 Å². The molecule has 0 saturated carbocycles. The van der Waals surface area contributed by atoms with Crippen molar-refractivity contribution in [2.45, 2.75) is 26.4 Å². The zero-order chi connectivity index (χ0) is 15.4. The van der Waals surface area contributed by atoms with Gasteiger partial charge in [0.15, 0.2) is 0 Å². The average molecular weight is 308 g/mol. The van der Waals surface area contributed by atoms with E-state index in [2.05, 4.69) is 5.32 Å². The first-order valence-electron chi connectivity index (χ1n) is 6.17. The van der Waals surface area contributed by atoms with E-state index in [-0.39, 0.29) is 16.9 Å². The molecule has 0 unspecified atom stereocenters. The lowest BCUT2D eigenvalue weighted by Crippen LogP contribution is -2.34. The van der Waals surface area contributed by atoms with Crippen molar-refractivity contribution in [1.82, 2.24) is 5.32 Å². The minimum atomic E-state index is -4.39. The van der Waals surface area contributed by atoms with Crippen molar-refractivity contribution >= 4 is 17.5 Å². The number of hydrogen-bond donors (Lipinski definition) is 1. The molecule has 0 aromatic heterocycles. The molecule has 0 aliphatic carbocycles. The van der Waals surface area contributed by atoms with E-state index in [0.717, 1.165) is 18.6 Å². The Morgan fingerprint density at radius 3 is 2.20 bits per heavy atom. The van der Waals surface area contributed by atoms with E-state index in [1.165, 1.54) is 12.1 Å². The summed E-state index contributed by atoms with van der Waals surface area (Å²) in [6, 6.07) is 4.15. The van der Waals surface area contributed by atoms with Gasteiger partial charge >= 0.3 is 6.18 Å². The highest BCUT2D eigenvalue weighted by molar-refractivity contribution is 6.17. The number of nitrogens with one attached hydrogen (secondary N) is 1. The van der Waals surface area contributed by atoms with Gasteiger partial charge in [-0.05, 0) is 36.1 Å². The van der Waals surface area contributed by atoms with Crippen molar-refractivity contribution < 1.29 is 18.0 Å². The molecule has 0 fully saturated rings. The number of alkyl halides is 4. The minimum Gasteiger partial charge on any atom is -0.352 e. The molecule has 0 radical (unpaired) electrons. The van der Waals surface area contributed by atoms with Crippen LogP contribution in [0, 0.1) is 5.41 Å². The third kappa shape index (κ3) is 5.04. The molecule has 0 spiro atoms. The van der Waals surface area contributed by atoms with Crippen LogP contribution in [0.1, 0.15) is 36.2 Å². The quantitative estimate of drug-likeness (QED) is 0.816. The van der Waals surface area contributed by atoms with E-state index in [9.17, 15) is 18.0 Å². The summed E-state index contributed by atoms with van der Waals surface area (Å²) < 4.78 is 37.2.